The topological polar surface area (TPSA) is 43.1 Å². The molecule has 0 fully saturated rings. The third-order valence-electron chi connectivity index (χ3n) is 2.34. The van der Waals surface area contributed by atoms with Crippen LogP contribution >= 0.6 is 11.6 Å². The van der Waals surface area contributed by atoms with Crippen LogP contribution in [0.5, 0.6) is 0 Å². The van der Waals surface area contributed by atoms with Crippen molar-refractivity contribution >= 4 is 23.1 Å². The summed E-state index contributed by atoms with van der Waals surface area (Å²) in [6.45, 7) is 0. The normalized spacial score (nSPS) is 10.2. The molecule has 0 saturated heterocycles. The zero-order valence-electron chi connectivity index (χ0n) is 8.78. The lowest BCUT2D eigenvalue weighted by Crippen LogP contribution is -2.04. The second-order valence-electron chi connectivity index (χ2n) is 3.58. The molecule has 2 aromatic rings. The van der Waals surface area contributed by atoms with E-state index in [2.05, 4.69) is 0 Å². The lowest BCUT2D eigenvalue weighted by Gasteiger charge is -2.03. The number of nitrogens with two attached hydrogens (primary N) is 1. The van der Waals surface area contributed by atoms with Gasteiger partial charge < -0.3 is 5.73 Å². The van der Waals surface area contributed by atoms with Crippen molar-refractivity contribution in [2.24, 2.45) is 0 Å². The van der Waals surface area contributed by atoms with Gasteiger partial charge in [0.15, 0.2) is 5.78 Å². The molecule has 17 heavy (non-hydrogen) atoms. The van der Waals surface area contributed by atoms with Gasteiger partial charge >= 0.3 is 0 Å². The Bertz CT molecular complexity index is 566. The largest absolute Gasteiger partial charge is 0.399 e. The third-order valence-corrected chi connectivity index (χ3v) is 2.60. The van der Waals surface area contributed by atoms with Crippen LogP contribution in [0, 0.1) is 5.82 Å². The highest BCUT2D eigenvalue weighted by Gasteiger charge is 2.13. The van der Waals surface area contributed by atoms with E-state index in [9.17, 15) is 9.18 Å². The van der Waals surface area contributed by atoms with E-state index in [1.165, 1.54) is 12.1 Å². The molecule has 0 aliphatic rings. The number of anilines is 1. The summed E-state index contributed by atoms with van der Waals surface area (Å²) in [5, 5.41) is 0.527. The minimum Gasteiger partial charge on any atom is -0.399 e. The Labute approximate surface area is 103 Å². The molecular weight excluding hydrogens is 241 g/mol. The maximum absolute atomic E-state index is 13.5. The van der Waals surface area contributed by atoms with E-state index < -0.39 is 5.82 Å². The maximum atomic E-state index is 13.5. The number of carbonyl (C=O) groups is 1. The predicted molar refractivity (Wildman–Crippen MR) is 65.7 cm³/mol. The highest BCUT2D eigenvalue weighted by Crippen LogP contribution is 2.17. The number of rotatable bonds is 2. The van der Waals surface area contributed by atoms with Crippen molar-refractivity contribution in [1.82, 2.24) is 0 Å². The molecule has 2 aromatic carbocycles. The van der Waals surface area contributed by atoms with Gasteiger partial charge in [0.2, 0.25) is 0 Å². The van der Waals surface area contributed by atoms with Gasteiger partial charge in [-0.1, -0.05) is 11.6 Å². The van der Waals surface area contributed by atoms with Crippen LogP contribution in [0.2, 0.25) is 5.02 Å². The fourth-order valence-electron chi connectivity index (χ4n) is 1.47. The molecule has 4 heteroatoms. The Morgan fingerprint density at radius 3 is 2.35 bits per heavy atom. The molecule has 0 aliphatic carbocycles. The number of carbonyl (C=O) groups excluding carboxylic acids is 1. The van der Waals surface area contributed by atoms with E-state index in [1.807, 2.05) is 0 Å². The minimum atomic E-state index is -0.620. The van der Waals surface area contributed by atoms with E-state index in [1.54, 1.807) is 24.3 Å². The first-order valence-corrected chi connectivity index (χ1v) is 5.31. The molecule has 0 unspecified atom stereocenters. The highest BCUT2D eigenvalue weighted by molar-refractivity contribution is 6.30. The van der Waals surface area contributed by atoms with Crippen LogP contribution in [-0.4, -0.2) is 5.78 Å². The van der Waals surface area contributed by atoms with Crippen LogP contribution in [-0.2, 0) is 0 Å². The quantitative estimate of drug-likeness (QED) is 0.656. The molecular formula is C13H9ClFNO. The molecule has 2 N–H and O–H groups in total. The first kappa shape index (κ1) is 11.6. The summed E-state index contributed by atoms with van der Waals surface area (Å²) < 4.78 is 13.5. The molecule has 0 aromatic heterocycles. The maximum Gasteiger partial charge on any atom is 0.195 e. The number of benzene rings is 2. The summed E-state index contributed by atoms with van der Waals surface area (Å²) in [7, 11) is 0. The Morgan fingerprint density at radius 2 is 1.76 bits per heavy atom. The molecule has 0 radical (unpaired) electrons. The van der Waals surface area contributed by atoms with Gasteiger partial charge in [-0.2, -0.15) is 0 Å². The van der Waals surface area contributed by atoms with Crippen molar-refractivity contribution in [3.05, 3.63) is 64.4 Å². The second kappa shape index (κ2) is 4.55. The number of nitrogen functional groups attached to an aromatic ring is 1. The van der Waals surface area contributed by atoms with Crippen molar-refractivity contribution < 1.29 is 9.18 Å². The first-order valence-electron chi connectivity index (χ1n) is 4.93. The smallest absolute Gasteiger partial charge is 0.195 e. The molecule has 2 nitrogen and oxygen atoms in total. The number of hydrogen-bond donors (Lipinski definition) is 1. The first-order chi connectivity index (χ1) is 8.08. The Hall–Kier alpha value is -1.87. The number of ketones is 1. The monoisotopic (exact) mass is 249 g/mol. The van der Waals surface area contributed by atoms with Gasteiger partial charge in [-0.25, -0.2) is 4.39 Å². The summed E-state index contributed by atoms with van der Waals surface area (Å²) >= 11 is 5.71. The molecule has 0 amide bonds. The van der Waals surface area contributed by atoms with Gasteiger partial charge in [-0.15, -0.1) is 0 Å². The zero-order valence-corrected chi connectivity index (χ0v) is 9.54. The molecule has 2 rings (SSSR count). The average Bonchev–Trinajstić information content (AvgIpc) is 2.29. The van der Waals surface area contributed by atoms with E-state index in [0.29, 0.717) is 10.6 Å². The van der Waals surface area contributed by atoms with Gasteiger partial charge in [-0.05, 0) is 42.5 Å². The SMILES string of the molecule is Nc1ccc(C(=O)c2ccc(Cl)cc2)c(F)c1. The summed E-state index contributed by atoms with van der Waals surface area (Å²) in [6.07, 6.45) is 0. The third kappa shape index (κ3) is 2.45. The van der Waals surface area contributed by atoms with Gasteiger partial charge in [0, 0.05) is 16.3 Å². The number of hydrogen-bond acceptors (Lipinski definition) is 2. The van der Waals surface area contributed by atoms with Crippen LogP contribution in [0.3, 0.4) is 0 Å². The molecule has 86 valence electrons. The fourth-order valence-corrected chi connectivity index (χ4v) is 1.60. The summed E-state index contributed by atoms with van der Waals surface area (Å²) in [4.78, 5) is 12.0. The van der Waals surface area contributed by atoms with Gasteiger partial charge in [0.1, 0.15) is 5.82 Å². The zero-order chi connectivity index (χ0) is 12.4. The summed E-state index contributed by atoms with van der Waals surface area (Å²) in [5.74, 6) is -1.01. The van der Waals surface area contributed by atoms with Crippen LogP contribution in [0.4, 0.5) is 10.1 Å². The van der Waals surface area contributed by atoms with Crippen molar-refractivity contribution in [3.8, 4) is 0 Å². The molecule has 0 bridgehead atoms. The van der Waals surface area contributed by atoms with Gasteiger partial charge in [0.05, 0.1) is 5.56 Å². The van der Waals surface area contributed by atoms with Crippen molar-refractivity contribution in [2.45, 2.75) is 0 Å². The van der Waals surface area contributed by atoms with Crippen LogP contribution < -0.4 is 5.73 Å². The lowest BCUT2D eigenvalue weighted by molar-refractivity contribution is 0.103. The van der Waals surface area contributed by atoms with Gasteiger partial charge in [-0.3, -0.25) is 4.79 Å². The van der Waals surface area contributed by atoms with E-state index in [-0.39, 0.29) is 17.0 Å². The minimum absolute atomic E-state index is 0.00141. The summed E-state index contributed by atoms with van der Waals surface area (Å²) in [5.41, 5.74) is 6.09. The molecule has 0 heterocycles. The highest BCUT2D eigenvalue weighted by atomic mass is 35.5. The van der Waals surface area contributed by atoms with Crippen molar-refractivity contribution in [1.29, 1.82) is 0 Å². The summed E-state index contributed by atoms with van der Waals surface area (Å²) in [6, 6.07) is 10.3. The Kier molecular flexibility index (Phi) is 3.11. The average molecular weight is 250 g/mol. The van der Waals surface area contributed by atoms with Gasteiger partial charge in [0.25, 0.3) is 0 Å². The van der Waals surface area contributed by atoms with Crippen LogP contribution in [0.25, 0.3) is 0 Å². The van der Waals surface area contributed by atoms with E-state index in [0.717, 1.165) is 6.07 Å². The van der Waals surface area contributed by atoms with E-state index >= 15 is 0 Å². The number of halogens is 2. The molecule has 0 aliphatic heterocycles. The molecule has 0 spiro atoms. The second-order valence-corrected chi connectivity index (χ2v) is 4.01. The fraction of sp³-hybridized carbons (Fsp3) is 0. The van der Waals surface area contributed by atoms with Crippen molar-refractivity contribution in [3.63, 3.8) is 0 Å². The Morgan fingerprint density at radius 1 is 1.12 bits per heavy atom. The van der Waals surface area contributed by atoms with Crippen LogP contribution in [0.15, 0.2) is 42.5 Å². The Balaban J connectivity index is 2.40. The molecule has 0 saturated carbocycles. The van der Waals surface area contributed by atoms with E-state index in [4.69, 9.17) is 17.3 Å². The van der Waals surface area contributed by atoms with Crippen LogP contribution in [0.1, 0.15) is 15.9 Å². The standard InChI is InChI=1S/C13H9ClFNO/c14-9-3-1-8(2-4-9)13(17)11-6-5-10(16)7-12(11)15/h1-7H,16H2. The van der Waals surface area contributed by atoms with Crippen molar-refractivity contribution in [2.75, 3.05) is 5.73 Å². The predicted octanol–water partition coefficient (Wildman–Crippen LogP) is 3.29. The molecule has 0 atom stereocenters. The lowest BCUT2D eigenvalue weighted by atomic mass is 10.0.